The topological polar surface area (TPSA) is 89.7 Å². The van der Waals surface area contributed by atoms with Crippen molar-refractivity contribution in [3.8, 4) is 0 Å². The number of fused-ring (bicyclic) bond motifs is 1. The summed E-state index contributed by atoms with van der Waals surface area (Å²) in [5.74, 6) is -0.227. The smallest absolute Gasteiger partial charge is 0.339 e. The minimum absolute atomic E-state index is 0.0404. The lowest BCUT2D eigenvalue weighted by atomic mass is 9.98. The molecule has 1 aromatic rings. The molecule has 1 heterocycles. The molecule has 0 radical (unpaired) electrons. The molecule has 1 aliphatic heterocycles. The van der Waals surface area contributed by atoms with Gasteiger partial charge in [-0.05, 0) is 42.9 Å². The molecular formula is C15H19ClN2O4S. The molecule has 1 saturated carbocycles. The van der Waals surface area contributed by atoms with Crippen LogP contribution >= 0.6 is 11.6 Å². The molecule has 1 aromatic carbocycles. The summed E-state index contributed by atoms with van der Waals surface area (Å²) in [4.78, 5) is 11.8. The lowest BCUT2D eigenvalue weighted by Crippen LogP contribution is -2.34. The fourth-order valence-corrected chi connectivity index (χ4v) is 5.47. The molecule has 0 spiro atoms. The van der Waals surface area contributed by atoms with Gasteiger partial charge in [0.15, 0.2) is 0 Å². The SMILES string of the molecule is COC(=O)c1cc(Cl)ccc1S(=O)(=O)N1CC2CCC(N)C2C1. The first-order valence-electron chi connectivity index (χ1n) is 7.48. The molecule has 2 N–H and O–H groups in total. The third-order valence-corrected chi connectivity index (χ3v) is 6.97. The second kappa shape index (κ2) is 6.05. The monoisotopic (exact) mass is 358 g/mol. The van der Waals surface area contributed by atoms with Crippen LogP contribution in [-0.2, 0) is 14.8 Å². The van der Waals surface area contributed by atoms with E-state index in [9.17, 15) is 13.2 Å². The summed E-state index contributed by atoms with van der Waals surface area (Å²) in [7, 11) is -2.58. The number of ether oxygens (including phenoxy) is 1. The van der Waals surface area contributed by atoms with Crippen molar-refractivity contribution in [1.82, 2.24) is 4.31 Å². The maximum absolute atomic E-state index is 13.0. The number of nitrogens with two attached hydrogens (primary N) is 1. The average molecular weight is 359 g/mol. The zero-order chi connectivity index (χ0) is 16.8. The third kappa shape index (κ3) is 2.87. The van der Waals surface area contributed by atoms with Crippen LogP contribution in [0.3, 0.4) is 0 Å². The minimum atomic E-state index is -3.79. The van der Waals surface area contributed by atoms with Crippen LogP contribution in [0.2, 0.25) is 5.02 Å². The van der Waals surface area contributed by atoms with Crippen LogP contribution in [0.15, 0.2) is 23.1 Å². The summed E-state index contributed by atoms with van der Waals surface area (Å²) in [6, 6.07) is 4.19. The number of halogens is 1. The van der Waals surface area contributed by atoms with Crippen molar-refractivity contribution >= 4 is 27.6 Å². The van der Waals surface area contributed by atoms with Crippen molar-refractivity contribution in [3.05, 3.63) is 28.8 Å². The Bertz CT molecular complexity index is 737. The van der Waals surface area contributed by atoms with Gasteiger partial charge in [-0.1, -0.05) is 11.6 Å². The number of hydrogen-bond donors (Lipinski definition) is 1. The van der Waals surface area contributed by atoms with Crippen LogP contribution in [-0.4, -0.2) is 44.9 Å². The number of nitrogens with zero attached hydrogens (tertiary/aromatic N) is 1. The highest BCUT2D eigenvalue weighted by atomic mass is 35.5. The number of hydrogen-bond acceptors (Lipinski definition) is 5. The molecule has 126 valence electrons. The Hall–Kier alpha value is -1.15. The van der Waals surface area contributed by atoms with Gasteiger partial charge in [-0.3, -0.25) is 0 Å². The first-order chi connectivity index (χ1) is 10.8. The summed E-state index contributed by atoms with van der Waals surface area (Å²) in [5, 5.41) is 0.282. The van der Waals surface area contributed by atoms with Gasteiger partial charge in [0.05, 0.1) is 17.6 Å². The molecule has 8 heteroatoms. The van der Waals surface area contributed by atoms with Crippen LogP contribution in [0.4, 0.5) is 0 Å². The van der Waals surface area contributed by atoms with Crippen molar-refractivity contribution in [1.29, 1.82) is 0 Å². The predicted molar refractivity (Wildman–Crippen MR) is 85.7 cm³/mol. The Labute approximate surface area is 140 Å². The molecule has 1 saturated heterocycles. The molecule has 6 nitrogen and oxygen atoms in total. The van der Waals surface area contributed by atoms with E-state index in [1.807, 2.05) is 0 Å². The lowest BCUT2D eigenvalue weighted by molar-refractivity contribution is 0.0596. The van der Waals surface area contributed by atoms with Crippen molar-refractivity contribution in [2.45, 2.75) is 23.8 Å². The Morgan fingerprint density at radius 2 is 2.09 bits per heavy atom. The van der Waals surface area contributed by atoms with Gasteiger partial charge in [-0.2, -0.15) is 4.31 Å². The highest BCUT2D eigenvalue weighted by molar-refractivity contribution is 7.89. The number of carbonyl (C=O) groups excluding carboxylic acids is 1. The van der Waals surface area contributed by atoms with Crippen LogP contribution in [0.5, 0.6) is 0 Å². The Morgan fingerprint density at radius 1 is 1.35 bits per heavy atom. The molecular weight excluding hydrogens is 340 g/mol. The van der Waals surface area contributed by atoms with Gasteiger partial charge >= 0.3 is 5.97 Å². The van der Waals surface area contributed by atoms with Gasteiger partial charge in [0.1, 0.15) is 0 Å². The molecule has 0 bridgehead atoms. The number of benzene rings is 1. The molecule has 23 heavy (non-hydrogen) atoms. The highest BCUT2D eigenvalue weighted by Crippen LogP contribution is 2.39. The van der Waals surface area contributed by atoms with Gasteiger partial charge in [0.2, 0.25) is 10.0 Å². The van der Waals surface area contributed by atoms with Crippen LogP contribution in [0.1, 0.15) is 23.2 Å². The predicted octanol–water partition coefficient (Wildman–Crippen LogP) is 1.48. The molecule has 3 rings (SSSR count). The van der Waals surface area contributed by atoms with Gasteiger partial charge in [-0.15, -0.1) is 0 Å². The largest absolute Gasteiger partial charge is 0.465 e. The number of rotatable bonds is 3. The summed E-state index contributed by atoms with van der Waals surface area (Å²) in [6.45, 7) is 0.849. The van der Waals surface area contributed by atoms with Crippen LogP contribution in [0, 0.1) is 11.8 Å². The maximum atomic E-state index is 13.0. The summed E-state index contributed by atoms with van der Waals surface area (Å²) in [6.07, 6.45) is 1.89. The fourth-order valence-electron chi connectivity index (χ4n) is 3.60. The van der Waals surface area contributed by atoms with E-state index in [-0.39, 0.29) is 27.4 Å². The van der Waals surface area contributed by atoms with Crippen molar-refractivity contribution < 1.29 is 17.9 Å². The van der Waals surface area contributed by atoms with E-state index in [2.05, 4.69) is 4.74 Å². The summed E-state index contributed by atoms with van der Waals surface area (Å²) >= 11 is 5.89. The Balaban J connectivity index is 1.96. The van der Waals surface area contributed by atoms with Gasteiger partial charge in [0.25, 0.3) is 0 Å². The average Bonchev–Trinajstić information content (AvgIpc) is 3.09. The van der Waals surface area contributed by atoms with Crippen molar-refractivity contribution in [2.75, 3.05) is 20.2 Å². The summed E-state index contributed by atoms with van der Waals surface area (Å²) < 4.78 is 32.0. The zero-order valence-corrected chi connectivity index (χ0v) is 14.3. The maximum Gasteiger partial charge on any atom is 0.339 e. The zero-order valence-electron chi connectivity index (χ0n) is 12.7. The van der Waals surface area contributed by atoms with E-state index < -0.39 is 16.0 Å². The molecule has 0 amide bonds. The van der Waals surface area contributed by atoms with E-state index >= 15 is 0 Å². The Morgan fingerprint density at radius 3 is 2.74 bits per heavy atom. The van der Waals surface area contributed by atoms with Crippen LogP contribution in [0.25, 0.3) is 0 Å². The van der Waals surface area contributed by atoms with Gasteiger partial charge < -0.3 is 10.5 Å². The first-order valence-corrected chi connectivity index (χ1v) is 9.30. The highest BCUT2D eigenvalue weighted by Gasteiger charge is 2.45. The first kappa shape index (κ1) is 16.7. The van der Waals surface area contributed by atoms with E-state index in [1.54, 1.807) is 0 Å². The van der Waals surface area contributed by atoms with Crippen LogP contribution < -0.4 is 5.73 Å². The number of esters is 1. The number of methoxy groups -OCH3 is 1. The third-order valence-electron chi connectivity index (χ3n) is 4.84. The molecule has 2 aliphatic rings. The molecule has 1 aliphatic carbocycles. The fraction of sp³-hybridized carbons (Fsp3) is 0.533. The van der Waals surface area contributed by atoms with Crippen molar-refractivity contribution in [2.24, 2.45) is 17.6 Å². The minimum Gasteiger partial charge on any atom is -0.465 e. The van der Waals surface area contributed by atoms with E-state index in [4.69, 9.17) is 17.3 Å². The van der Waals surface area contributed by atoms with Gasteiger partial charge in [0, 0.05) is 24.2 Å². The van der Waals surface area contributed by atoms with Crippen molar-refractivity contribution in [3.63, 3.8) is 0 Å². The number of sulfonamides is 1. The van der Waals surface area contributed by atoms with Gasteiger partial charge in [-0.25, -0.2) is 13.2 Å². The second-order valence-electron chi connectivity index (χ2n) is 6.12. The molecule has 0 aromatic heterocycles. The Kier molecular flexibility index (Phi) is 4.39. The van der Waals surface area contributed by atoms with E-state index in [0.29, 0.717) is 19.0 Å². The van der Waals surface area contributed by atoms with E-state index in [0.717, 1.165) is 12.8 Å². The molecule has 3 unspecified atom stereocenters. The standard InChI is InChI=1S/C15H19ClN2O4S/c1-22-15(19)11-6-10(16)3-5-14(11)23(20,21)18-7-9-2-4-13(17)12(9)8-18/h3,5-6,9,12-13H,2,4,7-8,17H2,1H3. The molecule has 3 atom stereocenters. The number of carbonyl (C=O) groups is 1. The normalized spacial score (nSPS) is 27.9. The second-order valence-corrected chi connectivity index (χ2v) is 8.46. The van der Waals surface area contributed by atoms with E-state index in [1.165, 1.54) is 29.6 Å². The quantitative estimate of drug-likeness (QED) is 0.827. The summed E-state index contributed by atoms with van der Waals surface area (Å²) in [5.41, 5.74) is 6.03. The lowest BCUT2D eigenvalue weighted by Gasteiger charge is -2.20. The molecule has 2 fully saturated rings.